The zero-order valence-electron chi connectivity index (χ0n) is 19.0. The molecule has 0 saturated carbocycles. The smallest absolute Gasteiger partial charge is 0.259 e. The van der Waals surface area contributed by atoms with Crippen LogP contribution in [0.2, 0.25) is 5.02 Å². The van der Waals surface area contributed by atoms with Crippen LogP contribution in [0.3, 0.4) is 0 Å². The summed E-state index contributed by atoms with van der Waals surface area (Å²) < 4.78 is 7.17. The van der Waals surface area contributed by atoms with Crippen molar-refractivity contribution in [1.82, 2.24) is 24.8 Å². The Bertz CT molecular complexity index is 1410. The molecule has 4 aromatic rings. The molecule has 0 unspecified atom stereocenters. The summed E-state index contributed by atoms with van der Waals surface area (Å²) in [5, 5.41) is 4.63. The number of benzene rings is 1. The van der Waals surface area contributed by atoms with Crippen molar-refractivity contribution in [2.24, 2.45) is 0 Å². The van der Waals surface area contributed by atoms with Crippen molar-refractivity contribution >= 4 is 39.4 Å². The fraction of sp³-hybridized carbons (Fsp3) is 0.292. The second kappa shape index (κ2) is 9.25. The van der Waals surface area contributed by atoms with Crippen molar-refractivity contribution in [3.05, 3.63) is 57.6 Å². The molecule has 0 atom stereocenters. The molecular weight excluding hydrogens is 442 g/mol. The van der Waals surface area contributed by atoms with E-state index < -0.39 is 0 Å². The summed E-state index contributed by atoms with van der Waals surface area (Å²) in [6, 6.07) is 6.96. The van der Waals surface area contributed by atoms with E-state index in [0.29, 0.717) is 42.2 Å². The Kier molecular flexibility index (Phi) is 6.40. The van der Waals surface area contributed by atoms with Crippen molar-refractivity contribution in [2.45, 2.75) is 13.5 Å². The van der Waals surface area contributed by atoms with E-state index in [4.69, 9.17) is 16.3 Å². The first-order valence-electron chi connectivity index (χ1n) is 10.7. The predicted molar refractivity (Wildman–Crippen MR) is 131 cm³/mol. The lowest BCUT2D eigenvalue weighted by atomic mass is 10.0. The Balaban J connectivity index is 2.03. The van der Waals surface area contributed by atoms with Gasteiger partial charge >= 0.3 is 0 Å². The third kappa shape index (κ3) is 4.19. The van der Waals surface area contributed by atoms with E-state index in [1.807, 2.05) is 38.2 Å². The monoisotopic (exact) mass is 467 g/mol. The molecule has 0 radical (unpaired) electrons. The van der Waals surface area contributed by atoms with Gasteiger partial charge in [0.05, 0.1) is 23.2 Å². The van der Waals surface area contributed by atoms with Gasteiger partial charge in [0.15, 0.2) is 0 Å². The standard InChI is InChI=1S/C24H26ClN5O3/c1-5-26-23(31)19-12-15(33-4)11-17(20(19)25)18-10-14-13-28-22-16(6-7-27-22)21(14)30(24(18)32)9-8-29(2)3/h6-7,10-13H,5,8-9H2,1-4H3,(H,26,31)(H,27,28). The number of nitrogens with one attached hydrogen (secondary N) is 2. The average molecular weight is 468 g/mol. The Hall–Kier alpha value is -3.36. The number of hydrogen-bond acceptors (Lipinski definition) is 5. The Morgan fingerprint density at radius 3 is 2.76 bits per heavy atom. The fourth-order valence-corrected chi connectivity index (χ4v) is 4.22. The van der Waals surface area contributed by atoms with Gasteiger partial charge < -0.3 is 24.5 Å². The molecular formula is C24H26ClN5O3. The van der Waals surface area contributed by atoms with Crippen LogP contribution in [0.15, 0.2) is 41.5 Å². The number of ether oxygens (including phenoxy) is 1. The van der Waals surface area contributed by atoms with Crippen LogP contribution < -0.4 is 15.6 Å². The summed E-state index contributed by atoms with van der Waals surface area (Å²) >= 11 is 6.69. The largest absolute Gasteiger partial charge is 0.497 e. The van der Waals surface area contributed by atoms with Crippen LogP contribution in [-0.4, -0.2) is 59.6 Å². The van der Waals surface area contributed by atoms with Gasteiger partial charge in [-0.1, -0.05) is 11.6 Å². The summed E-state index contributed by atoms with van der Waals surface area (Å²) in [6.45, 7) is 3.43. The molecule has 0 aliphatic carbocycles. The summed E-state index contributed by atoms with van der Waals surface area (Å²) in [7, 11) is 5.43. The highest BCUT2D eigenvalue weighted by Crippen LogP contribution is 2.35. The molecule has 1 amide bonds. The number of pyridine rings is 2. The lowest BCUT2D eigenvalue weighted by Crippen LogP contribution is -2.28. The van der Waals surface area contributed by atoms with E-state index >= 15 is 0 Å². The Morgan fingerprint density at radius 1 is 1.27 bits per heavy atom. The van der Waals surface area contributed by atoms with Gasteiger partial charge in [-0.05, 0) is 45.3 Å². The summed E-state index contributed by atoms with van der Waals surface area (Å²) in [6.07, 6.45) is 3.55. The number of methoxy groups -OCH3 is 1. The number of aromatic amines is 1. The fourth-order valence-electron chi connectivity index (χ4n) is 3.92. The number of nitrogens with zero attached hydrogens (tertiary/aromatic N) is 3. The number of carbonyl (C=O) groups excluding carboxylic acids is 1. The SMILES string of the molecule is CCNC(=O)c1cc(OC)cc(-c2cc3cnc4[nH]ccc4c3n(CCN(C)C)c2=O)c1Cl. The average Bonchev–Trinajstić information content (AvgIpc) is 3.27. The van der Waals surface area contributed by atoms with Gasteiger partial charge in [0.1, 0.15) is 11.4 Å². The van der Waals surface area contributed by atoms with Gasteiger partial charge in [-0.15, -0.1) is 0 Å². The molecule has 3 aromatic heterocycles. The number of halogens is 1. The second-order valence-electron chi connectivity index (χ2n) is 8.02. The highest BCUT2D eigenvalue weighted by molar-refractivity contribution is 6.36. The molecule has 33 heavy (non-hydrogen) atoms. The maximum absolute atomic E-state index is 13.8. The molecule has 2 N–H and O–H groups in total. The van der Waals surface area contributed by atoms with Gasteiger partial charge in [-0.25, -0.2) is 4.98 Å². The number of hydrogen-bond donors (Lipinski definition) is 2. The van der Waals surface area contributed by atoms with Crippen molar-refractivity contribution in [3.8, 4) is 16.9 Å². The minimum atomic E-state index is -0.327. The molecule has 1 aromatic carbocycles. The topological polar surface area (TPSA) is 92.2 Å². The van der Waals surface area contributed by atoms with E-state index in [9.17, 15) is 9.59 Å². The van der Waals surface area contributed by atoms with Crippen LogP contribution in [0.1, 0.15) is 17.3 Å². The minimum Gasteiger partial charge on any atom is -0.497 e. The van der Waals surface area contributed by atoms with Gasteiger partial charge in [0.25, 0.3) is 11.5 Å². The first-order chi connectivity index (χ1) is 15.8. The zero-order chi connectivity index (χ0) is 23.7. The molecule has 172 valence electrons. The quantitative estimate of drug-likeness (QED) is 0.434. The van der Waals surface area contributed by atoms with Gasteiger partial charge in [0.2, 0.25) is 0 Å². The predicted octanol–water partition coefficient (Wildman–Crippen LogP) is 3.52. The van der Waals surface area contributed by atoms with Gasteiger partial charge in [-0.2, -0.15) is 0 Å². The Morgan fingerprint density at radius 2 is 2.06 bits per heavy atom. The van der Waals surface area contributed by atoms with E-state index in [2.05, 4.69) is 15.3 Å². The third-order valence-electron chi connectivity index (χ3n) is 5.56. The highest BCUT2D eigenvalue weighted by atomic mass is 35.5. The van der Waals surface area contributed by atoms with Crippen LogP contribution in [0.5, 0.6) is 5.75 Å². The normalized spacial score (nSPS) is 11.5. The van der Waals surface area contributed by atoms with Crippen molar-refractivity contribution in [1.29, 1.82) is 0 Å². The third-order valence-corrected chi connectivity index (χ3v) is 5.96. The van der Waals surface area contributed by atoms with Crippen LogP contribution in [0, 0.1) is 0 Å². The maximum Gasteiger partial charge on any atom is 0.259 e. The van der Waals surface area contributed by atoms with E-state index in [0.717, 1.165) is 16.3 Å². The van der Waals surface area contributed by atoms with Crippen molar-refractivity contribution < 1.29 is 9.53 Å². The summed E-state index contributed by atoms with van der Waals surface area (Å²) in [5.74, 6) is 0.112. The summed E-state index contributed by atoms with van der Waals surface area (Å²) in [4.78, 5) is 36.1. The number of carbonyl (C=O) groups is 1. The molecule has 0 bridgehead atoms. The summed E-state index contributed by atoms with van der Waals surface area (Å²) in [5.41, 5.74) is 2.40. The van der Waals surface area contributed by atoms with Gasteiger partial charge in [-0.3, -0.25) is 9.59 Å². The molecule has 3 heterocycles. The van der Waals surface area contributed by atoms with Crippen LogP contribution in [0.4, 0.5) is 0 Å². The van der Waals surface area contributed by atoms with Crippen molar-refractivity contribution in [3.63, 3.8) is 0 Å². The number of fused-ring (bicyclic) bond motifs is 3. The number of rotatable bonds is 7. The number of H-pyrrole nitrogens is 1. The first-order valence-corrected chi connectivity index (χ1v) is 11.0. The van der Waals surface area contributed by atoms with Crippen LogP contribution >= 0.6 is 11.6 Å². The maximum atomic E-state index is 13.8. The second-order valence-corrected chi connectivity index (χ2v) is 8.39. The zero-order valence-corrected chi connectivity index (χ0v) is 19.8. The van der Waals surface area contributed by atoms with E-state index in [1.165, 1.54) is 7.11 Å². The number of amides is 1. The molecule has 0 spiro atoms. The van der Waals surface area contributed by atoms with Crippen molar-refractivity contribution in [2.75, 3.05) is 34.3 Å². The Labute approximate surface area is 196 Å². The van der Waals surface area contributed by atoms with E-state index in [-0.39, 0.29) is 22.1 Å². The lowest BCUT2D eigenvalue weighted by molar-refractivity contribution is 0.0955. The van der Waals surface area contributed by atoms with Crippen LogP contribution in [0.25, 0.3) is 33.1 Å². The van der Waals surface area contributed by atoms with Gasteiger partial charge in [0, 0.05) is 53.9 Å². The molecule has 8 nitrogen and oxygen atoms in total. The minimum absolute atomic E-state index is 0.199. The molecule has 0 saturated heterocycles. The highest BCUT2D eigenvalue weighted by Gasteiger charge is 2.21. The molecule has 0 fully saturated rings. The van der Waals surface area contributed by atoms with E-state index in [1.54, 1.807) is 29.0 Å². The first kappa shape index (κ1) is 22.8. The molecule has 4 rings (SSSR count). The molecule has 0 aliphatic rings. The molecule has 9 heteroatoms. The molecule has 0 aliphatic heterocycles. The number of likely N-dealkylation sites (N-methyl/N-ethyl adjacent to an activating group) is 1. The lowest BCUT2D eigenvalue weighted by Gasteiger charge is -2.18. The number of aromatic nitrogens is 3. The van der Waals surface area contributed by atoms with Crippen LogP contribution in [-0.2, 0) is 6.54 Å².